The van der Waals surface area contributed by atoms with E-state index in [-0.39, 0.29) is 18.1 Å². The van der Waals surface area contributed by atoms with Gasteiger partial charge in [-0.05, 0) is 19.9 Å². The number of hydrogen-bond donors (Lipinski definition) is 2. The van der Waals surface area contributed by atoms with Crippen molar-refractivity contribution in [2.75, 3.05) is 26.8 Å². The first-order valence-corrected chi connectivity index (χ1v) is 6.35. The summed E-state index contributed by atoms with van der Waals surface area (Å²) in [5.41, 5.74) is 0.110. The van der Waals surface area contributed by atoms with Crippen molar-refractivity contribution in [3.63, 3.8) is 0 Å². The molecule has 1 heterocycles. The molecule has 0 saturated carbocycles. The number of ether oxygens (including phenoxy) is 1. The molecule has 7 nitrogen and oxygen atoms in total. The van der Waals surface area contributed by atoms with Crippen molar-refractivity contribution in [3.05, 3.63) is 23.2 Å². The van der Waals surface area contributed by atoms with Gasteiger partial charge in [-0.1, -0.05) is 0 Å². The van der Waals surface area contributed by atoms with Gasteiger partial charge in [-0.15, -0.1) is 0 Å². The van der Waals surface area contributed by atoms with E-state index < -0.39 is 5.97 Å². The number of amides is 2. The highest BCUT2D eigenvalue weighted by Gasteiger charge is 2.15. The molecular formula is C13H20N2O5. The van der Waals surface area contributed by atoms with E-state index in [9.17, 15) is 9.59 Å². The molecule has 2 amide bonds. The summed E-state index contributed by atoms with van der Waals surface area (Å²) in [6.07, 6.45) is 0. The Hall–Kier alpha value is -2.02. The first-order chi connectivity index (χ1) is 9.45. The number of carboxylic acids is 1. The fraction of sp³-hybridized carbons (Fsp3) is 0.538. The summed E-state index contributed by atoms with van der Waals surface area (Å²) in [6.45, 7) is 5.17. The van der Waals surface area contributed by atoms with Crippen LogP contribution in [0.15, 0.2) is 10.5 Å². The molecule has 0 atom stereocenters. The molecule has 0 bridgehead atoms. The van der Waals surface area contributed by atoms with Gasteiger partial charge in [0.2, 0.25) is 0 Å². The summed E-state index contributed by atoms with van der Waals surface area (Å²) in [7, 11) is 1.66. The maximum Gasteiger partial charge on any atom is 0.339 e. The summed E-state index contributed by atoms with van der Waals surface area (Å²) in [5.74, 6) is -0.310. The smallest absolute Gasteiger partial charge is 0.339 e. The highest BCUT2D eigenvalue weighted by molar-refractivity contribution is 5.88. The third-order valence-corrected chi connectivity index (χ3v) is 2.73. The van der Waals surface area contributed by atoms with Gasteiger partial charge in [0.15, 0.2) is 0 Å². The summed E-state index contributed by atoms with van der Waals surface area (Å²) in [5, 5.41) is 11.5. The average molecular weight is 284 g/mol. The Labute approximate surface area is 117 Å². The highest BCUT2D eigenvalue weighted by Crippen LogP contribution is 2.14. The molecule has 0 unspecified atom stereocenters. The van der Waals surface area contributed by atoms with E-state index in [1.165, 1.54) is 11.0 Å². The van der Waals surface area contributed by atoms with Crippen molar-refractivity contribution < 1.29 is 23.8 Å². The SMILES string of the molecule is CCOCCN(C)C(=O)NCc1cc(C(=O)O)c(C)o1. The van der Waals surface area contributed by atoms with E-state index in [0.717, 1.165) is 0 Å². The standard InChI is InChI=1S/C13H20N2O5/c1-4-19-6-5-15(3)13(18)14-8-10-7-11(12(16)17)9(2)20-10/h7H,4-6,8H2,1-3H3,(H,14,18)(H,16,17). The molecule has 7 heteroatoms. The molecule has 2 N–H and O–H groups in total. The van der Waals surface area contributed by atoms with Crippen LogP contribution in [0.2, 0.25) is 0 Å². The summed E-state index contributed by atoms with van der Waals surface area (Å²) >= 11 is 0. The van der Waals surface area contributed by atoms with Gasteiger partial charge < -0.3 is 24.5 Å². The number of carboxylic acid groups (broad SMARTS) is 1. The predicted octanol–water partition coefficient (Wildman–Crippen LogP) is 1.46. The fourth-order valence-corrected chi connectivity index (χ4v) is 1.59. The number of nitrogens with zero attached hydrogens (tertiary/aromatic N) is 1. The molecule has 0 aliphatic carbocycles. The maximum atomic E-state index is 11.7. The van der Waals surface area contributed by atoms with Crippen molar-refractivity contribution in [1.29, 1.82) is 0 Å². The van der Waals surface area contributed by atoms with Crippen LogP contribution in [0.1, 0.15) is 28.8 Å². The first kappa shape index (κ1) is 16.0. The van der Waals surface area contributed by atoms with Crippen LogP contribution < -0.4 is 5.32 Å². The summed E-state index contributed by atoms with van der Waals surface area (Å²) in [4.78, 5) is 24.1. The minimum absolute atomic E-state index is 0.110. The van der Waals surface area contributed by atoms with Crippen molar-refractivity contribution in [3.8, 4) is 0 Å². The normalized spacial score (nSPS) is 10.3. The monoisotopic (exact) mass is 284 g/mol. The maximum absolute atomic E-state index is 11.7. The van der Waals surface area contributed by atoms with Crippen molar-refractivity contribution in [1.82, 2.24) is 10.2 Å². The largest absolute Gasteiger partial charge is 0.478 e. The number of hydrogen-bond acceptors (Lipinski definition) is 4. The van der Waals surface area contributed by atoms with E-state index >= 15 is 0 Å². The molecule has 0 spiro atoms. The molecule has 112 valence electrons. The lowest BCUT2D eigenvalue weighted by molar-refractivity contribution is 0.0695. The summed E-state index contributed by atoms with van der Waals surface area (Å²) in [6, 6.07) is 1.15. The average Bonchev–Trinajstić information content (AvgIpc) is 2.77. The van der Waals surface area contributed by atoms with E-state index in [1.54, 1.807) is 14.0 Å². The number of carbonyl (C=O) groups is 2. The quantitative estimate of drug-likeness (QED) is 0.740. The zero-order valence-electron chi connectivity index (χ0n) is 11.9. The fourth-order valence-electron chi connectivity index (χ4n) is 1.59. The number of likely N-dealkylation sites (N-methyl/N-ethyl adjacent to an activating group) is 1. The van der Waals surface area contributed by atoms with Crippen molar-refractivity contribution in [2.24, 2.45) is 0 Å². The van der Waals surface area contributed by atoms with Gasteiger partial charge >= 0.3 is 12.0 Å². The van der Waals surface area contributed by atoms with E-state index in [1.807, 2.05) is 6.92 Å². The molecule has 0 fully saturated rings. The van der Waals surface area contributed by atoms with Crippen LogP contribution in [0.4, 0.5) is 4.79 Å². The lowest BCUT2D eigenvalue weighted by atomic mass is 10.2. The number of furan rings is 1. The molecular weight excluding hydrogens is 264 g/mol. The van der Waals surface area contributed by atoms with E-state index in [0.29, 0.717) is 31.3 Å². The van der Waals surface area contributed by atoms with Gasteiger partial charge in [-0.3, -0.25) is 0 Å². The van der Waals surface area contributed by atoms with Crippen LogP contribution in [0.5, 0.6) is 0 Å². The van der Waals surface area contributed by atoms with E-state index in [4.69, 9.17) is 14.3 Å². The number of urea groups is 1. The Bertz CT molecular complexity index is 469. The Morgan fingerprint density at radius 3 is 2.75 bits per heavy atom. The molecule has 1 aromatic rings. The zero-order chi connectivity index (χ0) is 15.1. The minimum atomic E-state index is -1.04. The Kier molecular flexibility index (Phi) is 6.05. The third kappa shape index (κ3) is 4.58. The van der Waals surface area contributed by atoms with Crippen molar-refractivity contribution >= 4 is 12.0 Å². The van der Waals surface area contributed by atoms with Crippen molar-refractivity contribution in [2.45, 2.75) is 20.4 Å². The molecule has 20 heavy (non-hydrogen) atoms. The van der Waals surface area contributed by atoms with Gasteiger partial charge in [0, 0.05) is 20.2 Å². The van der Waals surface area contributed by atoms with Gasteiger partial charge in [0.05, 0.1) is 13.2 Å². The molecule has 0 aromatic carbocycles. The lowest BCUT2D eigenvalue weighted by Gasteiger charge is -2.17. The van der Waals surface area contributed by atoms with Gasteiger partial charge in [0.25, 0.3) is 0 Å². The second-order valence-electron chi connectivity index (χ2n) is 4.26. The molecule has 0 aliphatic rings. The number of aromatic carboxylic acids is 1. The van der Waals surface area contributed by atoms with E-state index in [2.05, 4.69) is 5.32 Å². The van der Waals surface area contributed by atoms with Crippen LogP contribution in [0, 0.1) is 6.92 Å². The van der Waals surface area contributed by atoms with Crippen LogP contribution in [-0.4, -0.2) is 48.8 Å². The van der Waals surface area contributed by atoms with Crippen LogP contribution in [0.25, 0.3) is 0 Å². The van der Waals surface area contributed by atoms with Crippen LogP contribution in [-0.2, 0) is 11.3 Å². The number of nitrogens with one attached hydrogen (secondary N) is 1. The zero-order valence-corrected chi connectivity index (χ0v) is 11.9. The predicted molar refractivity (Wildman–Crippen MR) is 71.8 cm³/mol. The number of rotatable bonds is 7. The number of aryl methyl sites for hydroxylation is 1. The Morgan fingerprint density at radius 1 is 1.50 bits per heavy atom. The molecule has 1 aromatic heterocycles. The molecule has 0 aliphatic heterocycles. The molecule has 0 saturated heterocycles. The second kappa shape index (κ2) is 7.54. The highest BCUT2D eigenvalue weighted by atomic mass is 16.5. The lowest BCUT2D eigenvalue weighted by Crippen LogP contribution is -2.38. The molecule has 0 radical (unpaired) electrons. The third-order valence-electron chi connectivity index (χ3n) is 2.73. The topological polar surface area (TPSA) is 92.0 Å². The molecule has 1 rings (SSSR count). The van der Waals surface area contributed by atoms with Gasteiger partial charge in [0.1, 0.15) is 17.1 Å². The summed E-state index contributed by atoms with van der Waals surface area (Å²) < 4.78 is 10.4. The second-order valence-corrected chi connectivity index (χ2v) is 4.26. The van der Waals surface area contributed by atoms with Crippen LogP contribution in [0.3, 0.4) is 0 Å². The minimum Gasteiger partial charge on any atom is -0.478 e. The first-order valence-electron chi connectivity index (χ1n) is 6.35. The number of carbonyl (C=O) groups excluding carboxylic acids is 1. The Morgan fingerprint density at radius 2 is 2.20 bits per heavy atom. The van der Waals surface area contributed by atoms with Gasteiger partial charge in [-0.2, -0.15) is 0 Å². The van der Waals surface area contributed by atoms with Crippen LogP contribution >= 0.6 is 0 Å². The van der Waals surface area contributed by atoms with Gasteiger partial charge in [-0.25, -0.2) is 9.59 Å². The Balaban J connectivity index is 2.44.